The van der Waals surface area contributed by atoms with E-state index in [0.29, 0.717) is 5.82 Å². The predicted octanol–water partition coefficient (Wildman–Crippen LogP) is 3.46. The van der Waals surface area contributed by atoms with E-state index in [0.717, 1.165) is 10.2 Å². The fourth-order valence-corrected chi connectivity index (χ4v) is 1.16. The highest BCUT2D eigenvalue weighted by Gasteiger charge is 2.30. The van der Waals surface area contributed by atoms with Crippen LogP contribution in [-0.2, 0) is 4.79 Å². The molecule has 1 N–H and O–H groups in total. The molecule has 0 aliphatic rings. The van der Waals surface area contributed by atoms with E-state index in [-0.39, 0.29) is 0 Å². The number of aromatic nitrogens is 1. The Labute approximate surface area is 110 Å². The molecule has 0 radical (unpaired) electrons. The maximum absolute atomic E-state index is 11.3. The Morgan fingerprint density at radius 2 is 2.07 bits per heavy atom. The number of hydrogen-bond acceptors (Lipinski definition) is 2. The molecule has 0 aliphatic heterocycles. The number of anilines is 1. The maximum Gasteiger partial charge on any atom is 0.277 e. The van der Waals surface area contributed by atoms with Crippen LogP contribution >= 0.6 is 50.7 Å². The van der Waals surface area contributed by atoms with Crippen LogP contribution in [0.1, 0.15) is 5.69 Å². The van der Waals surface area contributed by atoms with Crippen LogP contribution in [0.15, 0.2) is 16.6 Å². The summed E-state index contributed by atoms with van der Waals surface area (Å²) in [6.45, 7) is 1.79. The molecule has 1 heterocycles. The van der Waals surface area contributed by atoms with Gasteiger partial charge in [0.25, 0.3) is 9.70 Å². The number of nitrogens with zero attached hydrogens (tertiary/aromatic N) is 1. The van der Waals surface area contributed by atoms with Gasteiger partial charge in [-0.25, -0.2) is 4.98 Å². The first-order chi connectivity index (χ1) is 6.80. The summed E-state index contributed by atoms with van der Waals surface area (Å²) in [4.78, 5) is 15.3. The third kappa shape index (κ3) is 3.79. The Balaban J connectivity index is 2.83. The van der Waals surface area contributed by atoms with Crippen LogP contribution in [0, 0.1) is 6.92 Å². The second kappa shape index (κ2) is 4.87. The number of halogens is 4. The Kier molecular flexibility index (Phi) is 4.23. The van der Waals surface area contributed by atoms with Crippen LogP contribution in [0.2, 0.25) is 0 Å². The van der Waals surface area contributed by atoms with E-state index in [1.165, 1.54) is 0 Å². The second-order valence-electron chi connectivity index (χ2n) is 2.72. The molecule has 1 amide bonds. The average Bonchev–Trinajstić information content (AvgIpc) is 2.10. The number of carbonyl (C=O) groups is 1. The quantitative estimate of drug-likeness (QED) is 0.800. The summed E-state index contributed by atoms with van der Waals surface area (Å²) in [5.41, 5.74) is 0.733. The van der Waals surface area contributed by atoms with Crippen molar-refractivity contribution in [1.29, 1.82) is 0 Å². The molecule has 0 aliphatic carbocycles. The first-order valence-electron chi connectivity index (χ1n) is 3.82. The number of hydrogen-bond donors (Lipinski definition) is 1. The number of nitrogens with one attached hydrogen (secondary N) is 1. The minimum atomic E-state index is -1.98. The second-order valence-corrected chi connectivity index (χ2v) is 5.85. The summed E-state index contributed by atoms with van der Waals surface area (Å²) < 4.78 is -1.14. The molecule has 0 atom stereocenters. The highest BCUT2D eigenvalue weighted by Crippen LogP contribution is 2.27. The number of rotatable bonds is 1. The number of aryl methyl sites for hydroxylation is 1. The molecular weight excluding hydrogens is 326 g/mol. The van der Waals surface area contributed by atoms with Crippen LogP contribution < -0.4 is 5.32 Å². The van der Waals surface area contributed by atoms with E-state index in [1.807, 2.05) is 0 Å². The first-order valence-corrected chi connectivity index (χ1v) is 5.74. The van der Waals surface area contributed by atoms with Gasteiger partial charge in [-0.05, 0) is 35.0 Å². The van der Waals surface area contributed by atoms with Crippen molar-refractivity contribution >= 4 is 62.5 Å². The van der Waals surface area contributed by atoms with Gasteiger partial charge < -0.3 is 5.32 Å². The Morgan fingerprint density at radius 1 is 1.47 bits per heavy atom. The Bertz CT molecular complexity index is 392. The molecule has 15 heavy (non-hydrogen) atoms. The summed E-state index contributed by atoms with van der Waals surface area (Å²) in [6, 6.07) is 3.35. The van der Waals surface area contributed by atoms with Crippen molar-refractivity contribution < 1.29 is 4.79 Å². The van der Waals surface area contributed by atoms with E-state index in [2.05, 4.69) is 26.2 Å². The highest BCUT2D eigenvalue weighted by molar-refractivity contribution is 9.10. The fourth-order valence-electron chi connectivity index (χ4n) is 0.801. The highest BCUT2D eigenvalue weighted by atomic mass is 79.9. The number of carbonyl (C=O) groups excluding carboxylic acids is 1. The summed E-state index contributed by atoms with van der Waals surface area (Å²) in [5, 5.41) is 2.38. The van der Waals surface area contributed by atoms with Gasteiger partial charge in [0.2, 0.25) is 0 Å². The van der Waals surface area contributed by atoms with Crippen molar-refractivity contribution in [3.05, 3.63) is 22.3 Å². The largest absolute Gasteiger partial charge is 0.307 e. The Morgan fingerprint density at radius 3 is 2.53 bits per heavy atom. The molecular formula is C8H6BrCl3N2O. The van der Waals surface area contributed by atoms with E-state index < -0.39 is 9.70 Å². The van der Waals surface area contributed by atoms with Crippen molar-refractivity contribution in [2.45, 2.75) is 10.7 Å². The summed E-state index contributed by atoms with van der Waals surface area (Å²) in [7, 11) is 0. The molecule has 1 rings (SSSR count). The fraction of sp³-hybridized carbons (Fsp3) is 0.250. The van der Waals surface area contributed by atoms with E-state index in [9.17, 15) is 4.79 Å². The van der Waals surface area contributed by atoms with Crippen LogP contribution in [0.3, 0.4) is 0 Å². The summed E-state index contributed by atoms with van der Waals surface area (Å²) in [6.07, 6.45) is 0. The van der Waals surface area contributed by atoms with Crippen molar-refractivity contribution in [2.75, 3.05) is 5.32 Å². The molecule has 0 spiro atoms. The van der Waals surface area contributed by atoms with Crippen LogP contribution in [0.4, 0.5) is 5.82 Å². The van der Waals surface area contributed by atoms with Gasteiger partial charge in [0.15, 0.2) is 0 Å². The normalized spacial score (nSPS) is 11.3. The third-order valence-corrected chi connectivity index (χ3v) is 2.87. The standard InChI is InChI=1S/C8H6BrCl3N2O/c1-4-5(9)2-3-6(13-4)14-7(15)8(10,11)12/h2-3H,1H3,(H,13,14,15). The molecule has 7 heteroatoms. The molecule has 1 aromatic heterocycles. The molecule has 82 valence electrons. The summed E-state index contributed by atoms with van der Waals surface area (Å²) >= 11 is 19.4. The van der Waals surface area contributed by atoms with Gasteiger partial charge >= 0.3 is 0 Å². The number of amides is 1. The van der Waals surface area contributed by atoms with Crippen molar-refractivity contribution in [2.24, 2.45) is 0 Å². The zero-order chi connectivity index (χ0) is 11.6. The first kappa shape index (κ1) is 13.0. The summed E-state index contributed by atoms with van der Waals surface area (Å²) in [5.74, 6) is -0.395. The topological polar surface area (TPSA) is 42.0 Å². The predicted molar refractivity (Wildman–Crippen MR) is 65.6 cm³/mol. The van der Waals surface area contributed by atoms with Gasteiger partial charge in [0, 0.05) is 4.47 Å². The lowest BCUT2D eigenvalue weighted by Crippen LogP contribution is -2.27. The van der Waals surface area contributed by atoms with E-state index in [4.69, 9.17) is 34.8 Å². The Hall–Kier alpha value is -0.0300. The molecule has 0 saturated carbocycles. The molecule has 0 bridgehead atoms. The average molecular weight is 332 g/mol. The number of pyridine rings is 1. The zero-order valence-electron chi connectivity index (χ0n) is 7.52. The van der Waals surface area contributed by atoms with Crippen LogP contribution in [-0.4, -0.2) is 14.7 Å². The number of alkyl halides is 3. The van der Waals surface area contributed by atoms with Crippen molar-refractivity contribution in [3.8, 4) is 0 Å². The van der Waals surface area contributed by atoms with Crippen molar-refractivity contribution in [1.82, 2.24) is 4.98 Å². The maximum atomic E-state index is 11.3. The molecule has 3 nitrogen and oxygen atoms in total. The van der Waals surface area contributed by atoms with Crippen molar-refractivity contribution in [3.63, 3.8) is 0 Å². The minimum absolute atomic E-state index is 0.340. The lowest BCUT2D eigenvalue weighted by atomic mass is 10.4. The van der Waals surface area contributed by atoms with Gasteiger partial charge in [-0.15, -0.1) is 0 Å². The SMILES string of the molecule is Cc1nc(NC(=O)C(Cl)(Cl)Cl)ccc1Br. The minimum Gasteiger partial charge on any atom is -0.307 e. The van der Waals surface area contributed by atoms with E-state index >= 15 is 0 Å². The van der Waals surface area contributed by atoms with Crippen LogP contribution in [0.5, 0.6) is 0 Å². The smallest absolute Gasteiger partial charge is 0.277 e. The molecule has 0 aromatic carbocycles. The molecule has 1 aromatic rings. The van der Waals surface area contributed by atoms with Gasteiger partial charge in [-0.2, -0.15) is 0 Å². The van der Waals surface area contributed by atoms with Crippen LogP contribution in [0.25, 0.3) is 0 Å². The van der Waals surface area contributed by atoms with Gasteiger partial charge in [-0.3, -0.25) is 4.79 Å². The lowest BCUT2D eigenvalue weighted by molar-refractivity contribution is -0.115. The van der Waals surface area contributed by atoms with Gasteiger partial charge in [0.1, 0.15) is 5.82 Å². The molecule has 0 saturated heterocycles. The lowest BCUT2D eigenvalue weighted by Gasteiger charge is -2.11. The van der Waals surface area contributed by atoms with E-state index in [1.54, 1.807) is 19.1 Å². The molecule has 0 unspecified atom stereocenters. The van der Waals surface area contributed by atoms with Gasteiger partial charge in [-0.1, -0.05) is 34.8 Å². The van der Waals surface area contributed by atoms with Gasteiger partial charge in [0.05, 0.1) is 5.69 Å². The monoisotopic (exact) mass is 330 g/mol. The third-order valence-electron chi connectivity index (χ3n) is 1.52. The zero-order valence-corrected chi connectivity index (χ0v) is 11.4. The molecule has 0 fully saturated rings.